The number of amides is 2. The van der Waals surface area contributed by atoms with E-state index in [4.69, 9.17) is 11.6 Å². The van der Waals surface area contributed by atoms with E-state index in [2.05, 4.69) is 0 Å². The normalized spacial score (nSPS) is 18.8. The molecule has 2 fully saturated rings. The molecule has 2 amide bonds. The van der Waals surface area contributed by atoms with Crippen molar-refractivity contribution in [3.63, 3.8) is 0 Å². The molecule has 4 nitrogen and oxygen atoms in total. The van der Waals surface area contributed by atoms with Crippen molar-refractivity contribution >= 4 is 35.2 Å². The Morgan fingerprint density at radius 2 is 1.62 bits per heavy atom. The van der Waals surface area contributed by atoms with Crippen LogP contribution in [0.1, 0.15) is 37.7 Å². The minimum absolute atomic E-state index is 0.110. The highest BCUT2D eigenvalue weighted by Gasteiger charge is 2.30. The first kappa shape index (κ1) is 19.6. The lowest BCUT2D eigenvalue weighted by atomic mass is 9.94. The molecule has 142 valence electrons. The van der Waals surface area contributed by atoms with Gasteiger partial charge in [0.25, 0.3) is 0 Å². The number of benzene rings is 1. The average molecular weight is 395 g/mol. The number of piperidine rings is 2. The second kappa shape index (κ2) is 9.65. The van der Waals surface area contributed by atoms with E-state index >= 15 is 0 Å². The van der Waals surface area contributed by atoms with Crippen LogP contribution in [0.15, 0.2) is 24.3 Å². The van der Waals surface area contributed by atoms with Gasteiger partial charge in [0.15, 0.2) is 0 Å². The van der Waals surface area contributed by atoms with Gasteiger partial charge < -0.3 is 9.80 Å². The molecular formula is C20H27ClN2O2S. The van der Waals surface area contributed by atoms with E-state index in [9.17, 15) is 9.59 Å². The van der Waals surface area contributed by atoms with Gasteiger partial charge in [-0.05, 0) is 49.8 Å². The van der Waals surface area contributed by atoms with E-state index in [1.807, 2.05) is 34.1 Å². The highest BCUT2D eigenvalue weighted by Crippen LogP contribution is 2.23. The van der Waals surface area contributed by atoms with E-state index in [1.54, 1.807) is 11.8 Å². The predicted octanol–water partition coefficient (Wildman–Crippen LogP) is 3.82. The molecule has 0 atom stereocenters. The molecule has 0 radical (unpaired) electrons. The molecule has 0 unspecified atom stereocenters. The van der Waals surface area contributed by atoms with Gasteiger partial charge in [-0.3, -0.25) is 9.59 Å². The van der Waals surface area contributed by atoms with Crippen LogP contribution < -0.4 is 0 Å². The number of rotatable bonds is 5. The van der Waals surface area contributed by atoms with E-state index in [-0.39, 0.29) is 11.8 Å². The van der Waals surface area contributed by atoms with Gasteiger partial charge in [-0.15, -0.1) is 11.8 Å². The Morgan fingerprint density at radius 1 is 0.962 bits per heavy atom. The fraction of sp³-hybridized carbons (Fsp3) is 0.600. The van der Waals surface area contributed by atoms with Crippen LogP contribution in [0, 0.1) is 5.92 Å². The van der Waals surface area contributed by atoms with Gasteiger partial charge in [0.05, 0.1) is 5.75 Å². The highest BCUT2D eigenvalue weighted by molar-refractivity contribution is 7.99. The molecule has 0 spiro atoms. The number of nitrogens with zero attached hydrogens (tertiary/aromatic N) is 2. The van der Waals surface area contributed by atoms with E-state index < -0.39 is 0 Å². The third kappa shape index (κ3) is 5.40. The summed E-state index contributed by atoms with van der Waals surface area (Å²) < 4.78 is 0. The van der Waals surface area contributed by atoms with Gasteiger partial charge in [-0.25, -0.2) is 0 Å². The zero-order valence-corrected chi connectivity index (χ0v) is 16.7. The van der Waals surface area contributed by atoms with Crippen molar-refractivity contribution < 1.29 is 9.59 Å². The molecule has 0 bridgehead atoms. The topological polar surface area (TPSA) is 40.6 Å². The quantitative estimate of drug-likeness (QED) is 0.762. The molecule has 0 aromatic heterocycles. The minimum atomic E-state index is 0.110. The maximum atomic E-state index is 12.6. The van der Waals surface area contributed by atoms with E-state index in [1.165, 1.54) is 12.0 Å². The lowest BCUT2D eigenvalue weighted by Crippen LogP contribution is -2.46. The Bertz CT molecular complexity index is 609. The largest absolute Gasteiger partial charge is 0.342 e. The van der Waals surface area contributed by atoms with Crippen LogP contribution in [0.5, 0.6) is 0 Å². The van der Waals surface area contributed by atoms with Crippen molar-refractivity contribution in [3.05, 3.63) is 34.9 Å². The number of hydrogen-bond acceptors (Lipinski definition) is 3. The van der Waals surface area contributed by atoms with Crippen LogP contribution in [0.4, 0.5) is 0 Å². The molecule has 1 aromatic carbocycles. The zero-order chi connectivity index (χ0) is 18.4. The van der Waals surface area contributed by atoms with Gasteiger partial charge in [-0.1, -0.05) is 23.7 Å². The summed E-state index contributed by atoms with van der Waals surface area (Å²) in [5.41, 5.74) is 1.18. The van der Waals surface area contributed by atoms with Crippen LogP contribution >= 0.6 is 23.4 Å². The molecule has 26 heavy (non-hydrogen) atoms. The van der Waals surface area contributed by atoms with Crippen molar-refractivity contribution in [1.29, 1.82) is 0 Å². The lowest BCUT2D eigenvalue weighted by molar-refractivity contribution is -0.140. The SMILES string of the molecule is O=C(CSCc1ccc(Cl)cc1)N1CCC(C(=O)N2CCCCC2)CC1. The fourth-order valence-corrected chi connectivity index (χ4v) is 4.69. The molecule has 2 heterocycles. The molecule has 0 saturated carbocycles. The summed E-state index contributed by atoms with van der Waals surface area (Å²) in [5, 5.41) is 0.733. The number of carbonyl (C=O) groups excluding carboxylic acids is 2. The smallest absolute Gasteiger partial charge is 0.232 e. The van der Waals surface area contributed by atoms with Gasteiger partial charge in [0.2, 0.25) is 11.8 Å². The Balaban J connectivity index is 1.37. The molecule has 1 aromatic rings. The van der Waals surface area contributed by atoms with E-state index in [0.29, 0.717) is 24.7 Å². The molecule has 2 aliphatic rings. The highest BCUT2D eigenvalue weighted by atomic mass is 35.5. The van der Waals surface area contributed by atoms with Crippen molar-refractivity contribution in [2.24, 2.45) is 5.92 Å². The van der Waals surface area contributed by atoms with Crippen LogP contribution in [0.2, 0.25) is 5.02 Å². The van der Waals surface area contributed by atoms with Crippen LogP contribution in [-0.2, 0) is 15.3 Å². The maximum absolute atomic E-state index is 12.6. The third-order valence-electron chi connectivity index (χ3n) is 5.27. The first-order chi connectivity index (χ1) is 12.6. The van der Waals surface area contributed by atoms with Crippen molar-refractivity contribution in [1.82, 2.24) is 9.80 Å². The summed E-state index contributed by atoms with van der Waals surface area (Å²) >= 11 is 7.52. The minimum Gasteiger partial charge on any atom is -0.342 e. The molecule has 2 saturated heterocycles. The van der Waals surface area contributed by atoms with Gasteiger partial charge in [0, 0.05) is 42.9 Å². The Labute approximate surface area is 165 Å². The molecule has 0 N–H and O–H groups in total. The Kier molecular flexibility index (Phi) is 7.26. The third-order valence-corrected chi connectivity index (χ3v) is 6.51. The summed E-state index contributed by atoms with van der Waals surface area (Å²) in [5.74, 6) is 1.92. The van der Waals surface area contributed by atoms with Crippen LogP contribution in [0.3, 0.4) is 0 Å². The summed E-state index contributed by atoms with van der Waals surface area (Å²) in [6.45, 7) is 3.26. The van der Waals surface area contributed by atoms with Crippen LogP contribution in [0.25, 0.3) is 0 Å². The summed E-state index contributed by atoms with van der Waals surface area (Å²) in [6, 6.07) is 7.75. The van der Waals surface area contributed by atoms with Crippen LogP contribution in [-0.4, -0.2) is 53.5 Å². The van der Waals surface area contributed by atoms with Crippen molar-refractivity contribution in [3.8, 4) is 0 Å². The first-order valence-electron chi connectivity index (χ1n) is 9.52. The Hall–Kier alpha value is -1.20. The van der Waals surface area contributed by atoms with Crippen molar-refractivity contribution in [2.75, 3.05) is 31.9 Å². The standard InChI is InChI=1S/C20H27ClN2O2S/c21-18-6-4-16(5-7-18)14-26-15-19(24)22-12-8-17(9-13-22)20(25)23-10-2-1-3-11-23/h4-7,17H,1-3,8-15H2. The maximum Gasteiger partial charge on any atom is 0.232 e. The van der Waals surface area contributed by atoms with Gasteiger partial charge >= 0.3 is 0 Å². The number of carbonyl (C=O) groups is 2. The number of thioether (sulfide) groups is 1. The summed E-state index contributed by atoms with van der Waals surface area (Å²) in [4.78, 5) is 29.0. The second-order valence-corrected chi connectivity index (χ2v) is 8.58. The average Bonchev–Trinajstić information content (AvgIpc) is 2.69. The zero-order valence-electron chi connectivity index (χ0n) is 15.2. The molecule has 3 rings (SSSR count). The number of halogens is 1. The first-order valence-corrected chi connectivity index (χ1v) is 11.1. The molecule has 6 heteroatoms. The molecule has 0 aliphatic carbocycles. The number of hydrogen-bond donors (Lipinski definition) is 0. The Morgan fingerprint density at radius 3 is 2.27 bits per heavy atom. The summed E-state index contributed by atoms with van der Waals surface area (Å²) in [7, 11) is 0. The van der Waals surface area contributed by atoms with E-state index in [0.717, 1.165) is 49.5 Å². The predicted molar refractivity (Wildman–Crippen MR) is 107 cm³/mol. The second-order valence-electron chi connectivity index (χ2n) is 7.16. The monoisotopic (exact) mass is 394 g/mol. The number of likely N-dealkylation sites (tertiary alicyclic amines) is 2. The molecular weight excluding hydrogens is 368 g/mol. The van der Waals surface area contributed by atoms with Gasteiger partial charge in [-0.2, -0.15) is 0 Å². The van der Waals surface area contributed by atoms with Crippen molar-refractivity contribution in [2.45, 2.75) is 37.9 Å². The van der Waals surface area contributed by atoms with Gasteiger partial charge in [0.1, 0.15) is 0 Å². The fourth-order valence-electron chi connectivity index (χ4n) is 3.68. The molecule has 2 aliphatic heterocycles. The summed E-state index contributed by atoms with van der Waals surface area (Å²) in [6.07, 6.45) is 5.12. The lowest BCUT2D eigenvalue weighted by Gasteiger charge is -2.35.